The van der Waals surface area contributed by atoms with Gasteiger partial charge in [-0.15, -0.1) is 10.2 Å². The zero-order valence-corrected chi connectivity index (χ0v) is 19.9. The van der Waals surface area contributed by atoms with Crippen LogP contribution in [-0.2, 0) is 4.79 Å². The molecule has 1 aromatic heterocycles. The highest BCUT2D eigenvalue weighted by molar-refractivity contribution is 7.99. The van der Waals surface area contributed by atoms with Gasteiger partial charge in [-0.05, 0) is 69.3 Å². The molecule has 0 bridgehead atoms. The summed E-state index contributed by atoms with van der Waals surface area (Å²) >= 11 is 1.43. The SMILES string of the molecule is CC(c1nnc(SCCC(=O)Nc2ccccc2C#N)n1-c1ccc(F)cc1)N1CCCCC1. The Labute approximate surface area is 203 Å². The number of aromatic nitrogens is 3. The van der Waals surface area contributed by atoms with Gasteiger partial charge in [-0.3, -0.25) is 14.3 Å². The van der Waals surface area contributed by atoms with E-state index in [2.05, 4.69) is 33.4 Å². The molecular formula is C25H27FN6OS. The second-order valence-electron chi connectivity index (χ2n) is 8.23. The van der Waals surface area contributed by atoms with E-state index in [0.717, 1.165) is 24.6 Å². The molecule has 1 N–H and O–H groups in total. The third-order valence-electron chi connectivity index (χ3n) is 5.94. The number of nitrogens with zero attached hydrogens (tertiary/aromatic N) is 5. The van der Waals surface area contributed by atoms with E-state index in [4.69, 9.17) is 0 Å². The molecule has 3 aromatic rings. The first-order chi connectivity index (χ1) is 16.6. The summed E-state index contributed by atoms with van der Waals surface area (Å²) in [4.78, 5) is 14.9. The number of halogens is 1. The predicted octanol–water partition coefficient (Wildman–Crippen LogP) is 4.95. The molecule has 0 spiro atoms. The maximum atomic E-state index is 13.6. The van der Waals surface area contributed by atoms with Crippen LogP contribution in [-0.4, -0.2) is 44.4 Å². The number of rotatable bonds is 8. The van der Waals surface area contributed by atoms with Crippen molar-refractivity contribution in [2.24, 2.45) is 0 Å². The van der Waals surface area contributed by atoms with E-state index in [-0.39, 0.29) is 24.2 Å². The topological polar surface area (TPSA) is 86.8 Å². The first-order valence-corrected chi connectivity index (χ1v) is 12.4. The molecule has 0 saturated carbocycles. The van der Waals surface area contributed by atoms with E-state index < -0.39 is 0 Å². The molecule has 9 heteroatoms. The third kappa shape index (κ3) is 5.64. The highest BCUT2D eigenvalue weighted by Gasteiger charge is 2.25. The second kappa shape index (κ2) is 11.3. The number of nitriles is 1. The van der Waals surface area contributed by atoms with Crippen molar-refractivity contribution in [3.05, 3.63) is 65.7 Å². The molecule has 1 saturated heterocycles. The fourth-order valence-corrected chi connectivity index (χ4v) is 4.98. The highest BCUT2D eigenvalue weighted by Crippen LogP contribution is 2.29. The van der Waals surface area contributed by atoms with Crippen LogP contribution in [0.2, 0.25) is 0 Å². The zero-order chi connectivity index (χ0) is 23.9. The van der Waals surface area contributed by atoms with Crippen LogP contribution in [0.4, 0.5) is 10.1 Å². The number of piperidine rings is 1. The lowest BCUT2D eigenvalue weighted by Gasteiger charge is -2.31. The third-order valence-corrected chi connectivity index (χ3v) is 6.87. The van der Waals surface area contributed by atoms with E-state index in [9.17, 15) is 14.4 Å². The van der Waals surface area contributed by atoms with Gasteiger partial charge < -0.3 is 5.32 Å². The van der Waals surface area contributed by atoms with Crippen molar-refractivity contribution in [2.75, 3.05) is 24.2 Å². The molecule has 34 heavy (non-hydrogen) atoms. The molecule has 1 fully saturated rings. The van der Waals surface area contributed by atoms with E-state index in [0.29, 0.717) is 22.2 Å². The Morgan fingerprint density at radius 3 is 2.62 bits per heavy atom. The van der Waals surface area contributed by atoms with Gasteiger partial charge in [0.2, 0.25) is 5.91 Å². The first kappa shape index (κ1) is 23.9. The molecule has 2 aromatic carbocycles. The van der Waals surface area contributed by atoms with Crippen LogP contribution in [0.15, 0.2) is 53.7 Å². The number of hydrogen-bond acceptors (Lipinski definition) is 6. The van der Waals surface area contributed by atoms with Crippen LogP contribution >= 0.6 is 11.8 Å². The minimum atomic E-state index is -0.300. The quantitative estimate of drug-likeness (QED) is 0.461. The number of hydrogen-bond donors (Lipinski definition) is 1. The number of amides is 1. The van der Waals surface area contributed by atoms with Gasteiger partial charge in [0.25, 0.3) is 0 Å². The summed E-state index contributed by atoms with van der Waals surface area (Å²) in [6, 6.07) is 15.4. The van der Waals surface area contributed by atoms with Crippen LogP contribution < -0.4 is 5.32 Å². The summed E-state index contributed by atoms with van der Waals surface area (Å²) in [5.41, 5.74) is 1.73. The Morgan fingerprint density at radius 2 is 1.88 bits per heavy atom. The number of likely N-dealkylation sites (tertiary alicyclic amines) is 1. The van der Waals surface area contributed by atoms with Gasteiger partial charge in [-0.25, -0.2) is 4.39 Å². The minimum Gasteiger partial charge on any atom is -0.325 e. The Hall–Kier alpha value is -3.22. The van der Waals surface area contributed by atoms with Gasteiger partial charge in [0, 0.05) is 17.9 Å². The van der Waals surface area contributed by atoms with Gasteiger partial charge >= 0.3 is 0 Å². The molecule has 0 aliphatic carbocycles. The van der Waals surface area contributed by atoms with E-state index in [1.807, 2.05) is 4.57 Å². The molecule has 1 atom stereocenters. The monoisotopic (exact) mass is 478 g/mol. The molecular weight excluding hydrogens is 451 g/mol. The predicted molar refractivity (Wildman–Crippen MR) is 130 cm³/mol. The van der Waals surface area contributed by atoms with Crippen LogP contribution in [0.25, 0.3) is 5.69 Å². The number of anilines is 1. The number of carbonyl (C=O) groups excluding carboxylic acids is 1. The minimum absolute atomic E-state index is 0.0676. The summed E-state index contributed by atoms with van der Waals surface area (Å²) < 4.78 is 15.5. The molecule has 1 aliphatic heterocycles. The van der Waals surface area contributed by atoms with Gasteiger partial charge in [0.05, 0.1) is 17.3 Å². The van der Waals surface area contributed by atoms with Gasteiger partial charge in [-0.1, -0.05) is 30.3 Å². The van der Waals surface area contributed by atoms with Gasteiger partial charge in [-0.2, -0.15) is 5.26 Å². The number of thioether (sulfide) groups is 1. The lowest BCUT2D eigenvalue weighted by atomic mass is 10.1. The van der Waals surface area contributed by atoms with Crippen molar-refractivity contribution in [1.29, 1.82) is 5.26 Å². The van der Waals surface area contributed by atoms with Crippen LogP contribution in [0, 0.1) is 17.1 Å². The summed E-state index contributed by atoms with van der Waals surface area (Å²) in [6.07, 6.45) is 3.83. The molecule has 2 heterocycles. The number of para-hydroxylation sites is 1. The van der Waals surface area contributed by atoms with Crippen molar-refractivity contribution in [3.8, 4) is 11.8 Å². The fourth-order valence-electron chi connectivity index (χ4n) is 4.08. The van der Waals surface area contributed by atoms with Crippen LogP contribution in [0.5, 0.6) is 0 Å². The maximum absolute atomic E-state index is 13.6. The van der Waals surface area contributed by atoms with E-state index in [1.54, 1.807) is 36.4 Å². The van der Waals surface area contributed by atoms with Crippen molar-refractivity contribution < 1.29 is 9.18 Å². The largest absolute Gasteiger partial charge is 0.325 e. The van der Waals surface area contributed by atoms with Crippen molar-refractivity contribution in [1.82, 2.24) is 19.7 Å². The average Bonchev–Trinajstić information content (AvgIpc) is 3.28. The molecule has 1 amide bonds. The molecule has 4 rings (SSSR count). The number of nitrogens with one attached hydrogen (secondary N) is 1. The molecule has 1 unspecified atom stereocenters. The van der Waals surface area contributed by atoms with Gasteiger partial charge in [0.1, 0.15) is 11.9 Å². The Balaban J connectivity index is 1.48. The molecule has 1 aliphatic rings. The Morgan fingerprint density at radius 1 is 1.15 bits per heavy atom. The number of benzene rings is 2. The lowest BCUT2D eigenvalue weighted by Crippen LogP contribution is -2.33. The smallest absolute Gasteiger partial charge is 0.225 e. The van der Waals surface area contributed by atoms with Crippen molar-refractivity contribution in [2.45, 2.75) is 43.8 Å². The molecule has 0 radical (unpaired) electrons. The Bertz CT molecular complexity index is 1170. The molecule has 7 nitrogen and oxygen atoms in total. The second-order valence-corrected chi connectivity index (χ2v) is 9.29. The van der Waals surface area contributed by atoms with Crippen LogP contribution in [0.3, 0.4) is 0 Å². The lowest BCUT2D eigenvalue weighted by molar-refractivity contribution is -0.115. The molecule has 176 valence electrons. The summed E-state index contributed by atoms with van der Waals surface area (Å²) in [6.45, 7) is 4.17. The van der Waals surface area contributed by atoms with E-state index >= 15 is 0 Å². The van der Waals surface area contributed by atoms with Crippen LogP contribution in [0.1, 0.15) is 50.0 Å². The summed E-state index contributed by atoms with van der Waals surface area (Å²) in [5.74, 6) is 0.817. The fraction of sp³-hybridized carbons (Fsp3) is 0.360. The van der Waals surface area contributed by atoms with E-state index in [1.165, 1.54) is 43.2 Å². The standard InChI is InChI=1S/C25H27FN6OS/c1-18(31-14-5-2-6-15-31)24-29-30-25(32(24)21-11-9-20(26)10-12-21)34-16-13-23(33)28-22-8-4-3-7-19(22)17-27/h3-4,7-12,18H,2,5-6,13-16H2,1H3,(H,28,33). The first-order valence-electron chi connectivity index (χ1n) is 11.4. The normalized spacial score (nSPS) is 15.0. The van der Waals surface area contributed by atoms with Crippen molar-refractivity contribution in [3.63, 3.8) is 0 Å². The van der Waals surface area contributed by atoms with Gasteiger partial charge in [0.15, 0.2) is 11.0 Å². The Kier molecular flexibility index (Phi) is 7.93. The highest BCUT2D eigenvalue weighted by atomic mass is 32.2. The zero-order valence-electron chi connectivity index (χ0n) is 19.1. The summed E-state index contributed by atoms with van der Waals surface area (Å²) in [7, 11) is 0. The van der Waals surface area contributed by atoms with Crippen molar-refractivity contribution >= 4 is 23.4 Å². The average molecular weight is 479 g/mol. The number of carbonyl (C=O) groups is 1. The summed E-state index contributed by atoms with van der Waals surface area (Å²) in [5, 5.41) is 21.6. The maximum Gasteiger partial charge on any atom is 0.225 e.